The fourth-order valence-electron chi connectivity index (χ4n) is 3.87. The molecule has 7 nitrogen and oxygen atoms in total. The van der Waals surface area contributed by atoms with Crippen molar-refractivity contribution in [1.29, 1.82) is 0 Å². The summed E-state index contributed by atoms with van der Waals surface area (Å²) in [5, 5.41) is 1.99. The van der Waals surface area contributed by atoms with Crippen LogP contribution in [0.5, 0.6) is 5.75 Å². The lowest BCUT2D eigenvalue weighted by Crippen LogP contribution is -2.50. The second kappa shape index (κ2) is 8.32. The van der Waals surface area contributed by atoms with Crippen LogP contribution in [-0.2, 0) is 11.2 Å². The molecule has 0 bridgehead atoms. The number of imidazole rings is 1. The van der Waals surface area contributed by atoms with Gasteiger partial charge in [0.25, 0.3) is 5.91 Å². The quantitative estimate of drug-likeness (QED) is 0.463. The van der Waals surface area contributed by atoms with Crippen molar-refractivity contribution in [2.24, 2.45) is 0 Å². The molecule has 0 N–H and O–H groups in total. The summed E-state index contributed by atoms with van der Waals surface area (Å²) in [7, 11) is 1.64. The van der Waals surface area contributed by atoms with E-state index in [-0.39, 0.29) is 11.8 Å². The highest BCUT2D eigenvalue weighted by molar-refractivity contribution is 7.21. The fourth-order valence-corrected chi connectivity index (χ4v) is 5.64. The van der Waals surface area contributed by atoms with Crippen molar-refractivity contribution in [3.63, 3.8) is 0 Å². The number of hydrogen-bond acceptors (Lipinski definition) is 6. The number of thiophene rings is 1. The van der Waals surface area contributed by atoms with Gasteiger partial charge in [-0.25, -0.2) is 4.98 Å². The number of amides is 2. The van der Waals surface area contributed by atoms with E-state index in [4.69, 9.17) is 4.74 Å². The van der Waals surface area contributed by atoms with E-state index in [1.54, 1.807) is 18.4 Å². The van der Waals surface area contributed by atoms with Crippen LogP contribution in [0.4, 0.5) is 0 Å². The lowest BCUT2D eigenvalue weighted by atomic mass is 10.1. The van der Waals surface area contributed by atoms with Gasteiger partial charge in [-0.15, -0.1) is 22.7 Å². The van der Waals surface area contributed by atoms with Crippen molar-refractivity contribution < 1.29 is 14.3 Å². The predicted molar refractivity (Wildman–Crippen MR) is 122 cm³/mol. The SMILES string of the molecule is COc1ccc(CCC(=O)N2CCN(C(=O)c3cc4c(nc5sccn54)s3)CC2)cc1. The Balaban J connectivity index is 1.16. The molecule has 9 heteroatoms. The van der Waals surface area contributed by atoms with Crippen LogP contribution in [0.2, 0.25) is 0 Å². The van der Waals surface area contributed by atoms with Crippen LogP contribution >= 0.6 is 22.7 Å². The number of aromatic nitrogens is 2. The average Bonchev–Trinajstić information content (AvgIpc) is 3.50. The molecule has 0 atom stereocenters. The third kappa shape index (κ3) is 3.90. The van der Waals surface area contributed by atoms with Crippen LogP contribution in [0.1, 0.15) is 21.7 Å². The predicted octanol–water partition coefficient (Wildman–Crippen LogP) is 3.54. The van der Waals surface area contributed by atoms with Crippen LogP contribution in [0.25, 0.3) is 15.3 Å². The van der Waals surface area contributed by atoms with E-state index >= 15 is 0 Å². The number of nitrogens with zero attached hydrogens (tertiary/aromatic N) is 4. The van der Waals surface area contributed by atoms with Gasteiger partial charge in [-0.1, -0.05) is 12.1 Å². The second-order valence-electron chi connectivity index (χ2n) is 7.49. The van der Waals surface area contributed by atoms with Gasteiger partial charge in [-0.05, 0) is 30.2 Å². The summed E-state index contributed by atoms with van der Waals surface area (Å²) in [6, 6.07) is 9.74. The first-order valence-electron chi connectivity index (χ1n) is 10.2. The molecule has 160 valence electrons. The second-order valence-corrected chi connectivity index (χ2v) is 9.39. The lowest BCUT2D eigenvalue weighted by Gasteiger charge is -2.34. The first-order valence-corrected chi connectivity index (χ1v) is 11.9. The topological polar surface area (TPSA) is 67.2 Å². The molecule has 1 aliphatic rings. The van der Waals surface area contributed by atoms with E-state index in [9.17, 15) is 9.59 Å². The number of benzene rings is 1. The number of carbonyl (C=O) groups is 2. The van der Waals surface area contributed by atoms with Crippen LogP contribution in [-0.4, -0.2) is 64.3 Å². The van der Waals surface area contributed by atoms with Gasteiger partial charge in [0.15, 0.2) is 4.96 Å². The largest absolute Gasteiger partial charge is 0.497 e. The van der Waals surface area contributed by atoms with Crippen molar-refractivity contribution in [2.45, 2.75) is 12.8 Å². The van der Waals surface area contributed by atoms with Crippen LogP contribution in [0, 0.1) is 0 Å². The molecule has 0 radical (unpaired) electrons. The number of thiazole rings is 1. The number of carbonyl (C=O) groups excluding carboxylic acids is 2. The van der Waals surface area contributed by atoms with Gasteiger partial charge in [-0.3, -0.25) is 14.0 Å². The van der Waals surface area contributed by atoms with Gasteiger partial charge >= 0.3 is 0 Å². The van der Waals surface area contributed by atoms with E-state index < -0.39 is 0 Å². The van der Waals surface area contributed by atoms with Crippen molar-refractivity contribution in [1.82, 2.24) is 19.2 Å². The van der Waals surface area contributed by atoms with Crippen LogP contribution in [0.3, 0.4) is 0 Å². The Morgan fingerprint density at radius 1 is 1.10 bits per heavy atom. The zero-order valence-electron chi connectivity index (χ0n) is 17.1. The minimum atomic E-state index is 0.0253. The van der Waals surface area contributed by atoms with Gasteiger partial charge < -0.3 is 14.5 Å². The van der Waals surface area contributed by atoms with E-state index in [1.807, 2.05) is 56.1 Å². The van der Waals surface area contributed by atoms with E-state index in [0.29, 0.717) is 43.9 Å². The van der Waals surface area contributed by atoms with E-state index in [1.165, 1.54) is 11.3 Å². The smallest absolute Gasteiger partial charge is 0.264 e. The third-order valence-corrected chi connectivity index (χ3v) is 7.42. The maximum Gasteiger partial charge on any atom is 0.264 e. The number of rotatable bonds is 5. The Morgan fingerprint density at radius 2 is 1.84 bits per heavy atom. The first-order chi connectivity index (χ1) is 15.1. The average molecular weight is 455 g/mol. The summed E-state index contributed by atoms with van der Waals surface area (Å²) in [5.41, 5.74) is 2.10. The molecule has 0 unspecified atom stereocenters. The fraction of sp³-hybridized carbons (Fsp3) is 0.318. The molecule has 1 aromatic carbocycles. The Kier molecular flexibility index (Phi) is 5.37. The molecule has 5 rings (SSSR count). The molecular weight excluding hydrogens is 432 g/mol. The Labute approximate surface area is 187 Å². The zero-order chi connectivity index (χ0) is 21.4. The summed E-state index contributed by atoms with van der Waals surface area (Å²) in [4.78, 5) is 36.4. The molecule has 0 spiro atoms. The summed E-state index contributed by atoms with van der Waals surface area (Å²) in [5.74, 6) is 0.977. The number of fused-ring (bicyclic) bond motifs is 3. The number of ether oxygens (including phenoxy) is 1. The zero-order valence-corrected chi connectivity index (χ0v) is 18.7. The summed E-state index contributed by atoms with van der Waals surface area (Å²) >= 11 is 3.03. The normalized spacial score (nSPS) is 14.5. The van der Waals surface area contributed by atoms with Gasteiger partial charge in [0.05, 0.1) is 17.5 Å². The summed E-state index contributed by atoms with van der Waals surface area (Å²) in [6.07, 6.45) is 3.15. The van der Waals surface area contributed by atoms with Crippen molar-refractivity contribution in [2.75, 3.05) is 33.3 Å². The molecule has 0 saturated carbocycles. The van der Waals surface area contributed by atoms with Gasteiger partial charge in [0.1, 0.15) is 10.6 Å². The lowest BCUT2D eigenvalue weighted by molar-refractivity contribution is -0.132. The molecule has 4 heterocycles. The van der Waals surface area contributed by atoms with Crippen molar-refractivity contribution in [3.05, 3.63) is 52.3 Å². The molecule has 1 saturated heterocycles. The molecule has 4 aromatic rings. The van der Waals surface area contributed by atoms with Crippen molar-refractivity contribution >= 4 is 49.8 Å². The molecule has 0 aliphatic carbocycles. The molecule has 31 heavy (non-hydrogen) atoms. The van der Waals surface area contributed by atoms with E-state index in [0.717, 1.165) is 26.6 Å². The number of aryl methyl sites for hydroxylation is 1. The Hall–Kier alpha value is -2.91. The number of methoxy groups -OCH3 is 1. The standard InChI is InChI=1S/C22H22N4O3S2/c1-29-16-5-2-15(3-6-16)4-7-19(27)24-8-10-25(11-9-24)21(28)18-14-17-20(31-18)23-22-26(17)12-13-30-22/h2-3,5-6,12-14H,4,7-11H2,1H3. The maximum absolute atomic E-state index is 13.0. The highest BCUT2D eigenvalue weighted by Gasteiger charge is 2.26. The summed E-state index contributed by atoms with van der Waals surface area (Å²) in [6.45, 7) is 2.27. The monoisotopic (exact) mass is 454 g/mol. The molecule has 2 amide bonds. The van der Waals surface area contributed by atoms with Gasteiger partial charge in [0, 0.05) is 44.2 Å². The Morgan fingerprint density at radius 3 is 2.58 bits per heavy atom. The number of piperazine rings is 1. The van der Waals surface area contributed by atoms with Crippen LogP contribution < -0.4 is 4.74 Å². The van der Waals surface area contributed by atoms with Gasteiger partial charge in [-0.2, -0.15) is 0 Å². The molecular formula is C22H22N4O3S2. The Bertz CT molecular complexity index is 1230. The minimum absolute atomic E-state index is 0.0253. The first kappa shape index (κ1) is 20.0. The minimum Gasteiger partial charge on any atom is -0.497 e. The summed E-state index contributed by atoms with van der Waals surface area (Å²) < 4.78 is 7.19. The van der Waals surface area contributed by atoms with E-state index in [2.05, 4.69) is 4.98 Å². The molecule has 1 aliphatic heterocycles. The van der Waals surface area contributed by atoms with Crippen molar-refractivity contribution in [3.8, 4) is 5.75 Å². The molecule has 3 aromatic heterocycles. The highest BCUT2D eigenvalue weighted by Crippen LogP contribution is 2.29. The molecule has 1 fully saturated rings. The third-order valence-electron chi connectivity index (χ3n) is 5.66. The van der Waals surface area contributed by atoms with Crippen LogP contribution in [0.15, 0.2) is 41.9 Å². The maximum atomic E-state index is 13.0. The highest BCUT2D eigenvalue weighted by atomic mass is 32.1. The number of hydrogen-bond donors (Lipinski definition) is 0. The van der Waals surface area contributed by atoms with Gasteiger partial charge in [0.2, 0.25) is 5.91 Å².